The van der Waals surface area contributed by atoms with Crippen molar-refractivity contribution in [1.82, 2.24) is 4.98 Å². The van der Waals surface area contributed by atoms with Crippen molar-refractivity contribution >= 4 is 22.4 Å². The van der Waals surface area contributed by atoms with Gasteiger partial charge in [-0.15, -0.1) is 11.3 Å². The van der Waals surface area contributed by atoms with E-state index < -0.39 is 0 Å². The van der Waals surface area contributed by atoms with Gasteiger partial charge in [0.1, 0.15) is 0 Å². The molecule has 0 bridgehead atoms. The number of ether oxygens (including phenoxy) is 1. The summed E-state index contributed by atoms with van der Waals surface area (Å²) in [6.45, 7) is 7.35. The van der Waals surface area contributed by atoms with Gasteiger partial charge >= 0.3 is 0 Å². The number of anilines is 1. The summed E-state index contributed by atoms with van der Waals surface area (Å²) >= 11 is 1.44. The van der Waals surface area contributed by atoms with E-state index in [1.807, 2.05) is 17.5 Å². The Kier molecular flexibility index (Phi) is 6.10. The third kappa shape index (κ3) is 5.24. The minimum absolute atomic E-state index is 0.0615. The fourth-order valence-electron chi connectivity index (χ4n) is 1.85. The summed E-state index contributed by atoms with van der Waals surface area (Å²) in [5.74, 6) is 0.424. The molecule has 0 saturated heterocycles. The smallest absolute Gasteiger partial charge is 0.228 e. The van der Waals surface area contributed by atoms with E-state index in [2.05, 4.69) is 43.2 Å². The maximum absolute atomic E-state index is 11.8. The summed E-state index contributed by atoms with van der Waals surface area (Å²) in [6.07, 6.45) is 0.353. The van der Waals surface area contributed by atoms with Crippen LogP contribution in [0.3, 0.4) is 0 Å². The SMILES string of the molecule is Cc1ccc(-c2csc(NC(=O)CCOCC(C)C)n2)cc1. The van der Waals surface area contributed by atoms with Crippen molar-refractivity contribution in [2.75, 3.05) is 18.5 Å². The second-order valence-corrected chi connectivity index (χ2v) is 6.53. The van der Waals surface area contributed by atoms with E-state index in [1.165, 1.54) is 16.9 Å². The normalized spacial score (nSPS) is 10.9. The van der Waals surface area contributed by atoms with Gasteiger partial charge in [0.15, 0.2) is 5.13 Å². The fourth-order valence-corrected chi connectivity index (χ4v) is 2.59. The van der Waals surface area contributed by atoms with Crippen LogP contribution < -0.4 is 5.32 Å². The molecule has 0 aliphatic rings. The van der Waals surface area contributed by atoms with E-state index in [-0.39, 0.29) is 5.91 Å². The quantitative estimate of drug-likeness (QED) is 0.781. The Morgan fingerprint density at radius 2 is 2.05 bits per heavy atom. The highest BCUT2D eigenvalue weighted by molar-refractivity contribution is 7.14. The molecule has 0 radical (unpaired) electrons. The van der Waals surface area contributed by atoms with Crippen LogP contribution in [-0.4, -0.2) is 24.1 Å². The molecule has 0 saturated carbocycles. The highest BCUT2D eigenvalue weighted by Crippen LogP contribution is 2.25. The van der Waals surface area contributed by atoms with Gasteiger partial charge in [0.25, 0.3) is 0 Å². The first-order chi connectivity index (χ1) is 10.5. The summed E-state index contributed by atoms with van der Waals surface area (Å²) in [5, 5.41) is 5.40. The summed E-state index contributed by atoms with van der Waals surface area (Å²) in [5.41, 5.74) is 3.16. The largest absolute Gasteiger partial charge is 0.381 e. The van der Waals surface area contributed by atoms with Crippen molar-refractivity contribution in [3.8, 4) is 11.3 Å². The second kappa shape index (κ2) is 8.06. The van der Waals surface area contributed by atoms with E-state index in [1.54, 1.807) is 0 Å². The van der Waals surface area contributed by atoms with Crippen molar-refractivity contribution in [3.63, 3.8) is 0 Å². The van der Waals surface area contributed by atoms with Gasteiger partial charge in [-0.05, 0) is 12.8 Å². The molecule has 2 rings (SSSR count). The molecule has 118 valence electrons. The Labute approximate surface area is 135 Å². The van der Waals surface area contributed by atoms with E-state index in [9.17, 15) is 4.79 Å². The zero-order valence-corrected chi connectivity index (χ0v) is 14.1. The standard InChI is InChI=1S/C17H22N2O2S/c1-12(2)10-21-9-8-16(20)19-17-18-15(11-22-17)14-6-4-13(3)5-7-14/h4-7,11-12H,8-10H2,1-3H3,(H,18,19,20). The molecule has 0 fully saturated rings. The molecule has 1 heterocycles. The Morgan fingerprint density at radius 3 is 2.73 bits per heavy atom. The molecule has 4 nitrogen and oxygen atoms in total. The highest BCUT2D eigenvalue weighted by Gasteiger charge is 2.08. The average molecular weight is 318 g/mol. The third-order valence-electron chi connectivity index (χ3n) is 3.02. The molecular formula is C17H22N2O2S. The Hall–Kier alpha value is -1.72. The number of benzene rings is 1. The number of aryl methyl sites for hydroxylation is 1. The molecule has 2 aromatic rings. The van der Waals surface area contributed by atoms with Crippen LogP contribution in [0.1, 0.15) is 25.8 Å². The predicted molar refractivity (Wildman–Crippen MR) is 91.2 cm³/mol. The van der Waals surface area contributed by atoms with E-state index >= 15 is 0 Å². The first-order valence-electron chi connectivity index (χ1n) is 7.45. The monoisotopic (exact) mass is 318 g/mol. The Morgan fingerprint density at radius 1 is 1.32 bits per heavy atom. The van der Waals surface area contributed by atoms with Crippen LogP contribution in [0.2, 0.25) is 0 Å². The first-order valence-corrected chi connectivity index (χ1v) is 8.32. The molecule has 0 unspecified atom stereocenters. The van der Waals surface area contributed by atoms with Crippen LogP contribution in [-0.2, 0) is 9.53 Å². The zero-order chi connectivity index (χ0) is 15.9. The fraction of sp³-hybridized carbons (Fsp3) is 0.412. The first kappa shape index (κ1) is 16.6. The number of amides is 1. The molecule has 1 aromatic heterocycles. The second-order valence-electron chi connectivity index (χ2n) is 5.67. The van der Waals surface area contributed by atoms with Gasteiger partial charge < -0.3 is 10.1 Å². The topological polar surface area (TPSA) is 51.2 Å². The molecule has 22 heavy (non-hydrogen) atoms. The zero-order valence-electron chi connectivity index (χ0n) is 13.3. The number of aromatic nitrogens is 1. The van der Waals surface area contributed by atoms with Gasteiger partial charge in [0.05, 0.1) is 18.7 Å². The number of carbonyl (C=O) groups is 1. The van der Waals surface area contributed by atoms with Crippen LogP contribution >= 0.6 is 11.3 Å². The summed E-state index contributed by atoms with van der Waals surface area (Å²) in [6, 6.07) is 8.18. The third-order valence-corrected chi connectivity index (χ3v) is 3.78. The lowest BCUT2D eigenvalue weighted by molar-refractivity contribution is -0.117. The van der Waals surface area contributed by atoms with Gasteiger partial charge in [0.2, 0.25) is 5.91 Å². The molecule has 0 spiro atoms. The molecule has 0 aliphatic carbocycles. The van der Waals surface area contributed by atoms with Gasteiger partial charge in [-0.2, -0.15) is 0 Å². The predicted octanol–water partition coefficient (Wildman–Crippen LogP) is 4.12. The van der Waals surface area contributed by atoms with Crippen molar-refractivity contribution in [2.24, 2.45) is 5.92 Å². The molecular weight excluding hydrogens is 296 g/mol. The number of hydrogen-bond donors (Lipinski definition) is 1. The lowest BCUT2D eigenvalue weighted by Crippen LogP contribution is -2.15. The molecule has 1 aromatic carbocycles. The van der Waals surface area contributed by atoms with E-state index in [0.717, 1.165) is 11.3 Å². The van der Waals surface area contributed by atoms with Crippen LogP contribution in [0.25, 0.3) is 11.3 Å². The van der Waals surface area contributed by atoms with E-state index in [4.69, 9.17) is 4.74 Å². The Balaban J connectivity index is 1.84. The number of nitrogens with one attached hydrogen (secondary N) is 1. The molecule has 1 amide bonds. The number of hydrogen-bond acceptors (Lipinski definition) is 4. The number of nitrogens with zero attached hydrogens (tertiary/aromatic N) is 1. The molecule has 0 aliphatic heterocycles. The van der Waals surface area contributed by atoms with Gasteiger partial charge in [-0.3, -0.25) is 4.79 Å². The maximum atomic E-state index is 11.8. The maximum Gasteiger partial charge on any atom is 0.228 e. The lowest BCUT2D eigenvalue weighted by atomic mass is 10.1. The van der Waals surface area contributed by atoms with Gasteiger partial charge in [-0.25, -0.2) is 4.98 Å². The van der Waals surface area contributed by atoms with Crippen molar-refractivity contribution < 1.29 is 9.53 Å². The Bertz CT molecular complexity index is 605. The molecule has 5 heteroatoms. The number of rotatable bonds is 7. The van der Waals surface area contributed by atoms with Crippen LogP contribution in [0.5, 0.6) is 0 Å². The van der Waals surface area contributed by atoms with Crippen LogP contribution in [0.15, 0.2) is 29.6 Å². The summed E-state index contributed by atoms with van der Waals surface area (Å²) in [7, 11) is 0. The average Bonchev–Trinajstić information content (AvgIpc) is 2.92. The minimum Gasteiger partial charge on any atom is -0.381 e. The van der Waals surface area contributed by atoms with Crippen molar-refractivity contribution in [2.45, 2.75) is 27.2 Å². The van der Waals surface area contributed by atoms with Crippen molar-refractivity contribution in [3.05, 3.63) is 35.2 Å². The highest BCUT2D eigenvalue weighted by atomic mass is 32.1. The number of carbonyl (C=O) groups excluding carboxylic acids is 1. The van der Waals surface area contributed by atoms with Crippen LogP contribution in [0, 0.1) is 12.8 Å². The molecule has 1 N–H and O–H groups in total. The minimum atomic E-state index is -0.0615. The number of thiazole rings is 1. The molecule has 0 atom stereocenters. The lowest BCUT2D eigenvalue weighted by Gasteiger charge is -2.06. The van der Waals surface area contributed by atoms with E-state index in [0.29, 0.717) is 30.7 Å². The summed E-state index contributed by atoms with van der Waals surface area (Å²) in [4.78, 5) is 16.3. The van der Waals surface area contributed by atoms with Crippen molar-refractivity contribution in [1.29, 1.82) is 0 Å². The van der Waals surface area contributed by atoms with Gasteiger partial charge in [-0.1, -0.05) is 43.7 Å². The van der Waals surface area contributed by atoms with Gasteiger partial charge in [0, 0.05) is 17.6 Å². The van der Waals surface area contributed by atoms with Crippen LogP contribution in [0.4, 0.5) is 5.13 Å². The summed E-state index contributed by atoms with van der Waals surface area (Å²) < 4.78 is 5.41.